The van der Waals surface area contributed by atoms with Crippen molar-refractivity contribution in [1.29, 1.82) is 0 Å². The van der Waals surface area contributed by atoms with Gasteiger partial charge in [0.05, 0.1) is 0 Å². The van der Waals surface area contributed by atoms with E-state index in [0.717, 1.165) is 0 Å². The van der Waals surface area contributed by atoms with Crippen molar-refractivity contribution in [3.05, 3.63) is 59.9 Å². The topological polar surface area (TPSA) is 67.4 Å². The van der Waals surface area contributed by atoms with Crippen LogP contribution in [0.2, 0.25) is 0 Å². The molecule has 114 valence electrons. The lowest BCUT2D eigenvalue weighted by atomic mass is 10.2. The summed E-state index contributed by atoms with van der Waals surface area (Å²) in [5, 5.41) is 5.15. The summed E-state index contributed by atoms with van der Waals surface area (Å²) in [5.41, 5.74) is 1.06. The van der Waals surface area contributed by atoms with Gasteiger partial charge in [0.1, 0.15) is 11.6 Å². The second kappa shape index (κ2) is 7.21. The lowest BCUT2D eigenvalue weighted by molar-refractivity contribution is -0.118. The van der Waals surface area contributed by atoms with E-state index >= 15 is 0 Å². The van der Waals surface area contributed by atoms with Gasteiger partial charge >= 0.3 is 0 Å². The van der Waals surface area contributed by atoms with Crippen molar-refractivity contribution in [2.45, 2.75) is 0 Å². The molecule has 0 saturated heterocycles. The van der Waals surface area contributed by atoms with Crippen LogP contribution in [0.25, 0.3) is 0 Å². The molecule has 0 aliphatic carbocycles. The van der Waals surface area contributed by atoms with E-state index in [2.05, 4.69) is 10.6 Å². The lowest BCUT2D eigenvalue weighted by Crippen LogP contribution is -2.20. The second-order valence-corrected chi connectivity index (χ2v) is 4.45. The second-order valence-electron chi connectivity index (χ2n) is 4.45. The van der Waals surface area contributed by atoms with Crippen LogP contribution in [-0.4, -0.2) is 25.5 Å². The molecule has 0 heterocycles. The van der Waals surface area contributed by atoms with Crippen molar-refractivity contribution in [2.24, 2.45) is 0 Å². The number of amides is 2. The number of ether oxygens (including phenoxy) is 1. The molecule has 2 aromatic rings. The van der Waals surface area contributed by atoms with Gasteiger partial charge in [-0.3, -0.25) is 9.59 Å². The van der Waals surface area contributed by atoms with Crippen molar-refractivity contribution < 1.29 is 18.7 Å². The number of anilines is 1. The van der Waals surface area contributed by atoms with Crippen LogP contribution in [0.5, 0.6) is 5.75 Å². The molecule has 0 radical (unpaired) electrons. The summed E-state index contributed by atoms with van der Waals surface area (Å²) in [5.74, 6) is -0.505. The normalized spacial score (nSPS) is 9.91. The Morgan fingerprint density at radius 3 is 2.27 bits per heavy atom. The molecule has 6 heteroatoms. The SMILES string of the molecule is CNC(=O)c1ccc(NC(=O)COc2ccc(F)cc2)cc1. The molecule has 2 aromatic carbocycles. The highest BCUT2D eigenvalue weighted by Crippen LogP contribution is 2.12. The number of carbonyl (C=O) groups excluding carboxylic acids is 2. The maximum atomic E-state index is 12.7. The molecule has 5 nitrogen and oxygen atoms in total. The van der Waals surface area contributed by atoms with E-state index in [0.29, 0.717) is 17.0 Å². The molecule has 0 aliphatic heterocycles. The fourth-order valence-corrected chi connectivity index (χ4v) is 1.73. The predicted molar refractivity (Wildman–Crippen MR) is 80.4 cm³/mol. The van der Waals surface area contributed by atoms with Crippen LogP contribution in [0, 0.1) is 5.82 Å². The standard InChI is InChI=1S/C16H15FN2O3/c1-18-16(21)11-2-6-13(7-3-11)19-15(20)10-22-14-8-4-12(17)5-9-14/h2-9H,10H2,1H3,(H,18,21)(H,19,20). The van der Waals surface area contributed by atoms with Crippen molar-refractivity contribution in [3.63, 3.8) is 0 Å². The van der Waals surface area contributed by atoms with Crippen molar-refractivity contribution in [3.8, 4) is 5.75 Å². The fourth-order valence-electron chi connectivity index (χ4n) is 1.73. The van der Waals surface area contributed by atoms with E-state index in [1.165, 1.54) is 24.3 Å². The first-order valence-electron chi connectivity index (χ1n) is 6.59. The molecule has 0 unspecified atom stereocenters. The van der Waals surface area contributed by atoms with Crippen LogP contribution in [0.3, 0.4) is 0 Å². The molecule has 2 rings (SSSR count). The maximum absolute atomic E-state index is 12.7. The van der Waals surface area contributed by atoms with Crippen LogP contribution in [-0.2, 0) is 4.79 Å². The Hall–Kier alpha value is -2.89. The smallest absolute Gasteiger partial charge is 0.262 e. The van der Waals surface area contributed by atoms with Crippen molar-refractivity contribution in [2.75, 3.05) is 19.0 Å². The van der Waals surface area contributed by atoms with E-state index in [4.69, 9.17) is 4.74 Å². The minimum atomic E-state index is -0.368. The number of benzene rings is 2. The summed E-state index contributed by atoms with van der Waals surface area (Å²) in [6, 6.07) is 11.9. The average molecular weight is 302 g/mol. The summed E-state index contributed by atoms with van der Waals surface area (Å²) < 4.78 is 18.0. The Morgan fingerprint density at radius 1 is 1.05 bits per heavy atom. The van der Waals surface area contributed by atoms with E-state index in [1.807, 2.05) is 0 Å². The van der Waals surface area contributed by atoms with Gasteiger partial charge < -0.3 is 15.4 Å². The van der Waals surface area contributed by atoms with Crippen LogP contribution >= 0.6 is 0 Å². The van der Waals surface area contributed by atoms with E-state index < -0.39 is 0 Å². The molecule has 2 N–H and O–H groups in total. The number of carbonyl (C=O) groups is 2. The van der Waals surface area contributed by atoms with Gasteiger partial charge in [-0.05, 0) is 48.5 Å². The number of hydrogen-bond donors (Lipinski definition) is 2. The van der Waals surface area contributed by atoms with Gasteiger partial charge in [0, 0.05) is 18.3 Å². The van der Waals surface area contributed by atoms with Gasteiger partial charge in [-0.25, -0.2) is 4.39 Å². The molecule has 0 aromatic heterocycles. The maximum Gasteiger partial charge on any atom is 0.262 e. The van der Waals surface area contributed by atoms with E-state index in [1.54, 1.807) is 31.3 Å². The van der Waals surface area contributed by atoms with Crippen LogP contribution in [0.1, 0.15) is 10.4 Å². The summed E-state index contributed by atoms with van der Waals surface area (Å²) in [6.07, 6.45) is 0. The quantitative estimate of drug-likeness (QED) is 0.890. The Balaban J connectivity index is 1.86. The summed E-state index contributed by atoms with van der Waals surface area (Å²) >= 11 is 0. The highest BCUT2D eigenvalue weighted by atomic mass is 19.1. The van der Waals surface area contributed by atoms with Crippen LogP contribution in [0.15, 0.2) is 48.5 Å². The average Bonchev–Trinajstić information content (AvgIpc) is 2.54. The molecule has 0 aliphatic rings. The molecule has 0 bridgehead atoms. The zero-order valence-electron chi connectivity index (χ0n) is 11.9. The third-order valence-electron chi connectivity index (χ3n) is 2.84. The third-order valence-corrected chi connectivity index (χ3v) is 2.84. The summed E-state index contributed by atoms with van der Waals surface area (Å²) in [7, 11) is 1.55. The highest BCUT2D eigenvalue weighted by molar-refractivity contribution is 5.95. The monoisotopic (exact) mass is 302 g/mol. The minimum Gasteiger partial charge on any atom is -0.484 e. The van der Waals surface area contributed by atoms with Crippen molar-refractivity contribution >= 4 is 17.5 Å². The molecule has 0 atom stereocenters. The summed E-state index contributed by atoms with van der Waals surface area (Å²) in [6.45, 7) is -0.192. The Bertz CT molecular complexity index is 654. The zero-order valence-corrected chi connectivity index (χ0v) is 11.9. The Kier molecular flexibility index (Phi) is 5.08. The Morgan fingerprint density at radius 2 is 1.68 bits per heavy atom. The summed E-state index contributed by atoms with van der Waals surface area (Å²) in [4.78, 5) is 23.1. The predicted octanol–water partition coefficient (Wildman–Crippen LogP) is 2.20. The van der Waals surface area contributed by atoms with E-state index in [-0.39, 0.29) is 24.2 Å². The lowest BCUT2D eigenvalue weighted by Gasteiger charge is -2.08. The first-order valence-corrected chi connectivity index (χ1v) is 6.59. The Labute approximate surface area is 127 Å². The first kappa shape index (κ1) is 15.5. The van der Waals surface area contributed by atoms with Gasteiger partial charge in [0.25, 0.3) is 11.8 Å². The highest BCUT2D eigenvalue weighted by Gasteiger charge is 2.06. The molecule has 0 fully saturated rings. The molecular weight excluding hydrogens is 287 g/mol. The van der Waals surface area contributed by atoms with Gasteiger partial charge in [-0.15, -0.1) is 0 Å². The molecule has 2 amide bonds. The molecular formula is C16H15FN2O3. The number of hydrogen-bond acceptors (Lipinski definition) is 3. The van der Waals surface area contributed by atoms with Gasteiger partial charge in [-0.2, -0.15) is 0 Å². The van der Waals surface area contributed by atoms with Crippen molar-refractivity contribution in [1.82, 2.24) is 5.32 Å². The number of nitrogens with one attached hydrogen (secondary N) is 2. The molecule has 22 heavy (non-hydrogen) atoms. The molecule has 0 saturated carbocycles. The minimum absolute atomic E-state index is 0.192. The molecule has 0 spiro atoms. The van der Waals surface area contributed by atoms with E-state index in [9.17, 15) is 14.0 Å². The van der Waals surface area contributed by atoms with Crippen LogP contribution in [0.4, 0.5) is 10.1 Å². The van der Waals surface area contributed by atoms with Gasteiger partial charge in [0.15, 0.2) is 6.61 Å². The largest absolute Gasteiger partial charge is 0.484 e. The van der Waals surface area contributed by atoms with Gasteiger partial charge in [-0.1, -0.05) is 0 Å². The fraction of sp³-hybridized carbons (Fsp3) is 0.125. The van der Waals surface area contributed by atoms with Gasteiger partial charge in [0.2, 0.25) is 0 Å². The third kappa shape index (κ3) is 4.31. The van der Waals surface area contributed by atoms with Crippen LogP contribution < -0.4 is 15.4 Å². The number of rotatable bonds is 5. The first-order chi connectivity index (χ1) is 10.6. The zero-order chi connectivity index (χ0) is 15.9. The number of halogens is 1.